The van der Waals surface area contributed by atoms with E-state index in [1.165, 1.54) is 5.69 Å². The summed E-state index contributed by atoms with van der Waals surface area (Å²) in [4.78, 5) is 9.32. The number of nitrogens with one attached hydrogen (secondary N) is 2. The van der Waals surface area contributed by atoms with Crippen LogP contribution in [0.4, 0.5) is 5.69 Å². The Labute approximate surface area is 157 Å². The van der Waals surface area contributed by atoms with Crippen molar-refractivity contribution >= 4 is 21.7 Å². The lowest BCUT2D eigenvalue weighted by atomic mass is 10.2. The Hall–Kier alpha value is -1.80. The zero-order chi connectivity index (χ0) is 18.8. The maximum atomic E-state index is 11.4. The van der Waals surface area contributed by atoms with Crippen molar-refractivity contribution in [3.8, 4) is 0 Å². The fourth-order valence-corrected chi connectivity index (χ4v) is 3.49. The van der Waals surface area contributed by atoms with Crippen molar-refractivity contribution in [1.29, 1.82) is 0 Å². The van der Waals surface area contributed by atoms with E-state index in [9.17, 15) is 8.42 Å². The fraction of sp³-hybridized carbons (Fsp3) is 0.611. The molecule has 0 unspecified atom stereocenters. The second kappa shape index (κ2) is 10.4. The van der Waals surface area contributed by atoms with Crippen LogP contribution in [-0.4, -0.2) is 70.8 Å². The molecule has 7 nitrogen and oxygen atoms in total. The van der Waals surface area contributed by atoms with Gasteiger partial charge in [-0.3, -0.25) is 4.99 Å². The van der Waals surface area contributed by atoms with Crippen molar-refractivity contribution in [2.24, 2.45) is 4.99 Å². The lowest BCUT2D eigenvalue weighted by Crippen LogP contribution is -2.52. The van der Waals surface area contributed by atoms with Gasteiger partial charge in [0.1, 0.15) is 0 Å². The van der Waals surface area contributed by atoms with E-state index in [0.717, 1.165) is 38.7 Å². The van der Waals surface area contributed by atoms with E-state index in [4.69, 9.17) is 0 Å². The minimum absolute atomic E-state index is 0.116. The van der Waals surface area contributed by atoms with Gasteiger partial charge in [0.2, 0.25) is 10.0 Å². The molecule has 0 bridgehead atoms. The van der Waals surface area contributed by atoms with Gasteiger partial charge in [0.15, 0.2) is 5.96 Å². The van der Waals surface area contributed by atoms with Crippen LogP contribution in [0.1, 0.15) is 20.3 Å². The van der Waals surface area contributed by atoms with Crippen LogP contribution < -0.4 is 14.9 Å². The Bertz CT molecular complexity index is 655. The number of para-hydroxylation sites is 1. The molecule has 0 radical (unpaired) electrons. The quantitative estimate of drug-likeness (QED) is 0.401. The molecule has 1 aromatic carbocycles. The highest BCUT2D eigenvalue weighted by molar-refractivity contribution is 7.89. The monoisotopic (exact) mass is 381 g/mol. The molecule has 0 spiro atoms. The van der Waals surface area contributed by atoms with Crippen LogP contribution in [0.3, 0.4) is 0 Å². The van der Waals surface area contributed by atoms with Crippen LogP contribution in [0.2, 0.25) is 0 Å². The molecule has 1 fully saturated rings. The van der Waals surface area contributed by atoms with E-state index in [2.05, 4.69) is 56.0 Å². The largest absolute Gasteiger partial charge is 0.368 e. The van der Waals surface area contributed by atoms with Crippen LogP contribution in [0, 0.1) is 0 Å². The van der Waals surface area contributed by atoms with Gasteiger partial charge in [0.05, 0.1) is 5.75 Å². The SMILES string of the molecule is CCNC(=NCCCNS(=O)(=O)CC)N1CCN(c2ccccc2)CC1. The predicted octanol–water partition coefficient (Wildman–Crippen LogP) is 1.10. The number of hydrogen-bond donors (Lipinski definition) is 2. The number of guanidine groups is 1. The molecule has 0 aliphatic carbocycles. The molecule has 0 aromatic heterocycles. The minimum Gasteiger partial charge on any atom is -0.368 e. The van der Waals surface area contributed by atoms with Crippen molar-refractivity contribution in [3.63, 3.8) is 0 Å². The van der Waals surface area contributed by atoms with Gasteiger partial charge in [0.25, 0.3) is 0 Å². The van der Waals surface area contributed by atoms with E-state index in [1.54, 1.807) is 6.92 Å². The van der Waals surface area contributed by atoms with E-state index < -0.39 is 10.0 Å². The molecule has 26 heavy (non-hydrogen) atoms. The number of rotatable bonds is 8. The maximum Gasteiger partial charge on any atom is 0.211 e. The van der Waals surface area contributed by atoms with E-state index in [0.29, 0.717) is 19.5 Å². The first-order valence-electron chi connectivity index (χ1n) is 9.36. The molecule has 0 saturated carbocycles. The number of sulfonamides is 1. The number of aliphatic imine (C=N–C) groups is 1. The summed E-state index contributed by atoms with van der Waals surface area (Å²) in [6.07, 6.45) is 0.693. The van der Waals surface area contributed by atoms with Crippen molar-refractivity contribution in [1.82, 2.24) is 14.9 Å². The summed E-state index contributed by atoms with van der Waals surface area (Å²) in [6.45, 7) is 9.32. The van der Waals surface area contributed by atoms with Crippen LogP contribution in [0.5, 0.6) is 0 Å². The molecule has 146 valence electrons. The van der Waals surface area contributed by atoms with Crippen LogP contribution >= 0.6 is 0 Å². The third-order valence-corrected chi connectivity index (χ3v) is 5.74. The first-order chi connectivity index (χ1) is 12.6. The number of benzene rings is 1. The zero-order valence-corrected chi connectivity index (χ0v) is 16.6. The van der Waals surface area contributed by atoms with E-state index >= 15 is 0 Å². The molecular weight excluding hydrogens is 350 g/mol. The summed E-state index contributed by atoms with van der Waals surface area (Å²) in [5, 5.41) is 3.34. The number of hydrogen-bond acceptors (Lipinski definition) is 4. The third-order valence-electron chi connectivity index (χ3n) is 4.33. The lowest BCUT2D eigenvalue weighted by molar-refractivity contribution is 0.372. The van der Waals surface area contributed by atoms with E-state index in [1.807, 2.05) is 6.07 Å². The molecule has 1 aliphatic rings. The van der Waals surface area contributed by atoms with Gasteiger partial charge < -0.3 is 15.1 Å². The molecule has 8 heteroatoms. The molecule has 1 heterocycles. The van der Waals surface area contributed by atoms with Crippen LogP contribution in [0.15, 0.2) is 35.3 Å². The molecule has 2 rings (SSSR count). The third kappa shape index (κ3) is 6.49. The Balaban J connectivity index is 1.82. The summed E-state index contributed by atoms with van der Waals surface area (Å²) in [5.74, 6) is 1.03. The van der Waals surface area contributed by atoms with Crippen LogP contribution in [0.25, 0.3) is 0 Å². The standard InChI is InChI=1S/C18H31N5O2S/c1-3-19-18(20-11-8-12-21-26(24,25)4-2)23-15-13-22(14-16-23)17-9-6-5-7-10-17/h5-7,9-10,21H,3-4,8,11-16H2,1-2H3,(H,19,20). The van der Waals surface area contributed by atoms with Crippen molar-refractivity contribution in [2.75, 3.05) is 56.5 Å². The highest BCUT2D eigenvalue weighted by Gasteiger charge is 2.19. The van der Waals surface area contributed by atoms with Gasteiger partial charge in [0, 0.05) is 51.5 Å². The average Bonchev–Trinajstić information content (AvgIpc) is 2.68. The first kappa shape index (κ1) is 20.5. The average molecular weight is 382 g/mol. The number of nitrogens with zero attached hydrogens (tertiary/aromatic N) is 3. The van der Waals surface area contributed by atoms with Crippen molar-refractivity contribution in [2.45, 2.75) is 20.3 Å². The van der Waals surface area contributed by atoms with Crippen molar-refractivity contribution < 1.29 is 8.42 Å². The minimum atomic E-state index is -3.11. The predicted molar refractivity (Wildman–Crippen MR) is 108 cm³/mol. The smallest absolute Gasteiger partial charge is 0.211 e. The summed E-state index contributed by atoms with van der Waals surface area (Å²) >= 11 is 0. The Morgan fingerprint density at radius 1 is 1.12 bits per heavy atom. The normalized spacial score (nSPS) is 16.0. The highest BCUT2D eigenvalue weighted by Crippen LogP contribution is 2.15. The van der Waals surface area contributed by atoms with Gasteiger partial charge in [-0.05, 0) is 32.4 Å². The van der Waals surface area contributed by atoms with Gasteiger partial charge in [-0.25, -0.2) is 13.1 Å². The summed E-state index contributed by atoms with van der Waals surface area (Å²) in [5.41, 5.74) is 1.26. The molecule has 1 aliphatic heterocycles. The molecular formula is C18H31N5O2S. The Morgan fingerprint density at radius 2 is 1.81 bits per heavy atom. The second-order valence-corrected chi connectivity index (χ2v) is 8.29. The second-order valence-electron chi connectivity index (χ2n) is 6.20. The topological polar surface area (TPSA) is 77.0 Å². The molecule has 1 aromatic rings. The lowest BCUT2D eigenvalue weighted by Gasteiger charge is -2.37. The molecule has 0 amide bonds. The zero-order valence-electron chi connectivity index (χ0n) is 15.8. The number of piperazine rings is 1. The van der Waals surface area contributed by atoms with Crippen molar-refractivity contribution in [3.05, 3.63) is 30.3 Å². The summed E-state index contributed by atoms with van der Waals surface area (Å²) in [6, 6.07) is 10.5. The summed E-state index contributed by atoms with van der Waals surface area (Å²) < 4.78 is 25.4. The Morgan fingerprint density at radius 3 is 2.42 bits per heavy atom. The van der Waals surface area contributed by atoms with Gasteiger partial charge in [-0.2, -0.15) is 0 Å². The summed E-state index contributed by atoms with van der Waals surface area (Å²) in [7, 11) is -3.11. The fourth-order valence-electron chi connectivity index (χ4n) is 2.83. The highest BCUT2D eigenvalue weighted by atomic mass is 32.2. The first-order valence-corrected chi connectivity index (χ1v) is 11.0. The van der Waals surface area contributed by atoms with Gasteiger partial charge in [-0.1, -0.05) is 18.2 Å². The molecule has 1 saturated heterocycles. The number of anilines is 1. The van der Waals surface area contributed by atoms with Crippen LogP contribution in [-0.2, 0) is 10.0 Å². The van der Waals surface area contributed by atoms with Gasteiger partial charge >= 0.3 is 0 Å². The van der Waals surface area contributed by atoms with E-state index in [-0.39, 0.29) is 5.75 Å². The molecule has 2 N–H and O–H groups in total. The molecule has 0 atom stereocenters. The maximum absolute atomic E-state index is 11.4. The van der Waals surface area contributed by atoms with Gasteiger partial charge in [-0.15, -0.1) is 0 Å². The Kier molecular flexibility index (Phi) is 8.18.